The van der Waals surface area contributed by atoms with E-state index in [4.69, 9.17) is 16.3 Å². The Morgan fingerprint density at radius 3 is 2.52 bits per heavy atom. The SMILES string of the molecule is CC[C@H](C(=O)NC1CCCCC1)N(Cc1ccccc1Cl)C(=O)COc1cccc(C)c1C. The van der Waals surface area contributed by atoms with Gasteiger partial charge in [-0.2, -0.15) is 0 Å². The van der Waals surface area contributed by atoms with Gasteiger partial charge in [-0.15, -0.1) is 0 Å². The third kappa shape index (κ3) is 6.73. The molecule has 1 aliphatic carbocycles. The Morgan fingerprint density at radius 2 is 1.82 bits per heavy atom. The van der Waals surface area contributed by atoms with Crippen LogP contribution in [0.25, 0.3) is 0 Å². The van der Waals surface area contributed by atoms with Gasteiger partial charge in [0.25, 0.3) is 5.91 Å². The van der Waals surface area contributed by atoms with E-state index in [1.54, 1.807) is 11.0 Å². The predicted octanol–water partition coefficient (Wildman–Crippen LogP) is 5.59. The van der Waals surface area contributed by atoms with Crippen LogP contribution in [0.2, 0.25) is 5.02 Å². The molecular formula is C27H35ClN2O3. The summed E-state index contributed by atoms with van der Waals surface area (Å²) in [5.41, 5.74) is 2.92. The number of amides is 2. The van der Waals surface area contributed by atoms with Crippen LogP contribution in [-0.4, -0.2) is 35.4 Å². The van der Waals surface area contributed by atoms with E-state index >= 15 is 0 Å². The molecule has 2 amide bonds. The van der Waals surface area contributed by atoms with Crippen molar-refractivity contribution in [3.05, 3.63) is 64.2 Å². The van der Waals surface area contributed by atoms with Crippen LogP contribution in [0.1, 0.15) is 62.1 Å². The number of carbonyl (C=O) groups excluding carboxylic acids is 2. The van der Waals surface area contributed by atoms with Crippen LogP contribution in [0.4, 0.5) is 0 Å². The third-order valence-corrected chi connectivity index (χ3v) is 6.91. The molecule has 2 aromatic carbocycles. The molecule has 0 heterocycles. The number of carbonyl (C=O) groups is 2. The van der Waals surface area contributed by atoms with E-state index in [1.165, 1.54) is 6.42 Å². The number of hydrogen-bond donors (Lipinski definition) is 1. The highest BCUT2D eigenvalue weighted by atomic mass is 35.5. The van der Waals surface area contributed by atoms with Gasteiger partial charge in [0.2, 0.25) is 5.91 Å². The fraction of sp³-hybridized carbons (Fsp3) is 0.481. The molecule has 5 nitrogen and oxygen atoms in total. The van der Waals surface area contributed by atoms with Gasteiger partial charge < -0.3 is 15.0 Å². The molecule has 1 N–H and O–H groups in total. The van der Waals surface area contributed by atoms with E-state index in [2.05, 4.69) is 5.32 Å². The Kier molecular flexibility index (Phi) is 9.19. The van der Waals surface area contributed by atoms with Gasteiger partial charge in [0.15, 0.2) is 6.61 Å². The fourth-order valence-corrected chi connectivity index (χ4v) is 4.57. The molecular weight excluding hydrogens is 436 g/mol. The number of halogens is 1. The van der Waals surface area contributed by atoms with Crippen LogP contribution in [0, 0.1) is 13.8 Å². The van der Waals surface area contributed by atoms with Crippen LogP contribution in [0.3, 0.4) is 0 Å². The molecule has 3 rings (SSSR count). The van der Waals surface area contributed by atoms with Gasteiger partial charge in [0, 0.05) is 17.6 Å². The molecule has 33 heavy (non-hydrogen) atoms. The second-order valence-corrected chi connectivity index (χ2v) is 9.27. The van der Waals surface area contributed by atoms with E-state index in [9.17, 15) is 9.59 Å². The smallest absolute Gasteiger partial charge is 0.261 e. The highest BCUT2D eigenvalue weighted by Crippen LogP contribution is 2.23. The lowest BCUT2D eigenvalue weighted by atomic mass is 9.95. The van der Waals surface area contributed by atoms with Crippen molar-refractivity contribution in [2.75, 3.05) is 6.61 Å². The first-order valence-electron chi connectivity index (χ1n) is 11.9. The van der Waals surface area contributed by atoms with Crippen LogP contribution < -0.4 is 10.1 Å². The van der Waals surface area contributed by atoms with Gasteiger partial charge in [0.1, 0.15) is 11.8 Å². The standard InChI is InChI=1S/C27H35ClN2O3/c1-4-24(27(32)29-22-13-6-5-7-14-22)30(17-21-12-8-9-15-23(21)28)26(31)18-33-25-16-10-11-19(2)20(25)3/h8-12,15-16,22,24H,4-7,13-14,17-18H2,1-3H3,(H,29,32)/t24-/m1/s1. The summed E-state index contributed by atoms with van der Waals surface area (Å²) in [5.74, 6) is 0.346. The van der Waals surface area contributed by atoms with Gasteiger partial charge in [-0.1, -0.05) is 68.1 Å². The van der Waals surface area contributed by atoms with E-state index in [0.717, 1.165) is 42.4 Å². The summed E-state index contributed by atoms with van der Waals surface area (Å²) < 4.78 is 5.90. The zero-order valence-electron chi connectivity index (χ0n) is 19.9. The molecule has 0 aromatic heterocycles. The fourth-order valence-electron chi connectivity index (χ4n) is 4.38. The third-order valence-electron chi connectivity index (χ3n) is 6.54. The number of ether oxygens (including phenoxy) is 1. The maximum Gasteiger partial charge on any atom is 0.261 e. The molecule has 0 spiro atoms. The molecule has 1 saturated carbocycles. The highest BCUT2D eigenvalue weighted by Gasteiger charge is 2.31. The summed E-state index contributed by atoms with van der Waals surface area (Å²) in [5, 5.41) is 3.77. The van der Waals surface area contributed by atoms with Crippen LogP contribution in [-0.2, 0) is 16.1 Å². The van der Waals surface area contributed by atoms with Crippen molar-refractivity contribution in [3.8, 4) is 5.75 Å². The van der Waals surface area contributed by atoms with E-state index < -0.39 is 6.04 Å². The Bertz CT molecular complexity index is 956. The zero-order chi connectivity index (χ0) is 23.8. The molecule has 1 fully saturated rings. The second kappa shape index (κ2) is 12.1. The van der Waals surface area contributed by atoms with Crippen LogP contribution >= 0.6 is 11.6 Å². The molecule has 0 radical (unpaired) electrons. The lowest BCUT2D eigenvalue weighted by Gasteiger charge is -2.33. The number of aryl methyl sites for hydroxylation is 1. The summed E-state index contributed by atoms with van der Waals surface area (Å²) in [7, 11) is 0. The minimum absolute atomic E-state index is 0.100. The van der Waals surface area contributed by atoms with Crippen molar-refractivity contribution >= 4 is 23.4 Å². The first-order valence-corrected chi connectivity index (χ1v) is 12.3. The van der Waals surface area contributed by atoms with E-state index in [-0.39, 0.29) is 31.0 Å². The summed E-state index contributed by atoms with van der Waals surface area (Å²) in [4.78, 5) is 28.3. The van der Waals surface area contributed by atoms with Crippen molar-refractivity contribution in [3.63, 3.8) is 0 Å². The monoisotopic (exact) mass is 470 g/mol. The molecule has 6 heteroatoms. The molecule has 1 atom stereocenters. The number of nitrogens with zero attached hydrogens (tertiary/aromatic N) is 1. The molecule has 2 aromatic rings. The molecule has 0 saturated heterocycles. The van der Waals surface area contributed by atoms with Crippen molar-refractivity contribution in [2.45, 2.75) is 77.9 Å². The van der Waals surface area contributed by atoms with E-state index in [1.807, 2.05) is 57.2 Å². The largest absolute Gasteiger partial charge is 0.483 e. The van der Waals surface area contributed by atoms with Crippen molar-refractivity contribution in [1.82, 2.24) is 10.2 Å². The van der Waals surface area contributed by atoms with Gasteiger partial charge >= 0.3 is 0 Å². The molecule has 0 aliphatic heterocycles. The van der Waals surface area contributed by atoms with Gasteiger partial charge in [-0.25, -0.2) is 0 Å². The van der Waals surface area contributed by atoms with E-state index in [0.29, 0.717) is 17.2 Å². The Morgan fingerprint density at radius 1 is 1.09 bits per heavy atom. The first-order chi connectivity index (χ1) is 15.9. The lowest BCUT2D eigenvalue weighted by molar-refractivity contribution is -0.143. The average Bonchev–Trinajstić information content (AvgIpc) is 2.81. The average molecular weight is 471 g/mol. The predicted molar refractivity (Wildman–Crippen MR) is 133 cm³/mol. The summed E-state index contributed by atoms with van der Waals surface area (Å²) in [6.45, 7) is 6.04. The number of hydrogen-bond acceptors (Lipinski definition) is 3. The lowest BCUT2D eigenvalue weighted by Crippen LogP contribution is -2.52. The van der Waals surface area contributed by atoms with Crippen LogP contribution in [0.5, 0.6) is 5.75 Å². The van der Waals surface area contributed by atoms with Crippen LogP contribution in [0.15, 0.2) is 42.5 Å². The van der Waals surface area contributed by atoms with Crippen molar-refractivity contribution < 1.29 is 14.3 Å². The number of rotatable bonds is 9. The Balaban J connectivity index is 1.79. The minimum atomic E-state index is -0.585. The zero-order valence-corrected chi connectivity index (χ0v) is 20.7. The maximum absolute atomic E-state index is 13.4. The summed E-state index contributed by atoms with van der Waals surface area (Å²) in [6.07, 6.45) is 5.99. The maximum atomic E-state index is 13.4. The molecule has 0 unspecified atom stereocenters. The van der Waals surface area contributed by atoms with Gasteiger partial charge in [-0.3, -0.25) is 9.59 Å². The molecule has 0 bridgehead atoms. The molecule has 178 valence electrons. The Labute approximate surface area is 202 Å². The van der Waals surface area contributed by atoms with Gasteiger partial charge in [-0.05, 0) is 61.9 Å². The molecule has 1 aliphatic rings. The topological polar surface area (TPSA) is 58.6 Å². The second-order valence-electron chi connectivity index (χ2n) is 8.87. The first kappa shape index (κ1) is 25.1. The normalized spacial score (nSPS) is 15.0. The summed E-state index contributed by atoms with van der Waals surface area (Å²) in [6, 6.07) is 12.8. The Hall–Kier alpha value is -2.53. The van der Waals surface area contributed by atoms with Gasteiger partial charge in [0.05, 0.1) is 0 Å². The number of benzene rings is 2. The number of nitrogens with one attached hydrogen (secondary N) is 1. The van der Waals surface area contributed by atoms with Crippen molar-refractivity contribution in [2.24, 2.45) is 0 Å². The quantitative estimate of drug-likeness (QED) is 0.519. The summed E-state index contributed by atoms with van der Waals surface area (Å²) >= 11 is 6.40. The minimum Gasteiger partial charge on any atom is -0.483 e. The van der Waals surface area contributed by atoms with Crippen molar-refractivity contribution in [1.29, 1.82) is 0 Å². The highest BCUT2D eigenvalue weighted by molar-refractivity contribution is 6.31.